The van der Waals surface area contributed by atoms with E-state index >= 15 is 0 Å². The van der Waals surface area contributed by atoms with E-state index < -0.39 is 0 Å². The van der Waals surface area contributed by atoms with Gasteiger partial charge in [0.05, 0.1) is 12.3 Å². The second kappa shape index (κ2) is 5.73. The maximum Gasteiger partial charge on any atom is 0.0584 e. The van der Waals surface area contributed by atoms with Gasteiger partial charge in [0.25, 0.3) is 0 Å². The van der Waals surface area contributed by atoms with Crippen LogP contribution in [0.15, 0.2) is 24.4 Å². The molecule has 0 aliphatic carbocycles. The monoisotopic (exact) mass is 194 g/mol. The largest absolute Gasteiger partial charge is 0.395 e. The van der Waals surface area contributed by atoms with E-state index in [4.69, 9.17) is 5.11 Å². The number of nitrogens with zero attached hydrogens (tertiary/aromatic N) is 1. The van der Waals surface area contributed by atoms with Gasteiger partial charge >= 0.3 is 0 Å². The first kappa shape index (κ1) is 11.1. The molecule has 1 rings (SSSR count). The fraction of sp³-hybridized carbons (Fsp3) is 0.545. The van der Waals surface area contributed by atoms with Crippen LogP contribution in [0.3, 0.4) is 0 Å². The number of pyridine rings is 1. The Labute approximate surface area is 85.2 Å². The molecule has 0 spiro atoms. The zero-order chi connectivity index (χ0) is 10.4. The van der Waals surface area contributed by atoms with E-state index in [0.717, 1.165) is 12.1 Å². The number of hydrogen-bond donors (Lipinski definition) is 2. The van der Waals surface area contributed by atoms with Crippen molar-refractivity contribution in [3.05, 3.63) is 30.1 Å². The molecule has 3 nitrogen and oxygen atoms in total. The van der Waals surface area contributed by atoms with Crippen molar-refractivity contribution in [2.75, 3.05) is 6.61 Å². The Morgan fingerprint density at radius 1 is 1.50 bits per heavy atom. The van der Waals surface area contributed by atoms with Crippen LogP contribution in [0.5, 0.6) is 0 Å². The first-order valence-corrected chi connectivity index (χ1v) is 5.05. The average Bonchev–Trinajstić information content (AvgIpc) is 2.26. The van der Waals surface area contributed by atoms with Crippen LogP contribution < -0.4 is 5.32 Å². The fourth-order valence-electron chi connectivity index (χ4n) is 1.37. The van der Waals surface area contributed by atoms with Gasteiger partial charge in [0.15, 0.2) is 0 Å². The lowest BCUT2D eigenvalue weighted by Crippen LogP contribution is -2.34. The molecule has 78 valence electrons. The Kier molecular flexibility index (Phi) is 4.56. The third-order valence-electron chi connectivity index (χ3n) is 2.33. The predicted molar refractivity (Wildman–Crippen MR) is 57.0 cm³/mol. The Morgan fingerprint density at radius 3 is 2.79 bits per heavy atom. The summed E-state index contributed by atoms with van der Waals surface area (Å²) in [6.07, 6.45) is 2.71. The molecule has 0 aliphatic heterocycles. The topological polar surface area (TPSA) is 45.1 Å². The first-order chi connectivity index (χ1) is 6.77. The van der Waals surface area contributed by atoms with E-state index in [9.17, 15) is 0 Å². The second-order valence-electron chi connectivity index (χ2n) is 3.43. The molecule has 1 aromatic rings. The van der Waals surface area contributed by atoms with Crippen LogP contribution in [0.1, 0.15) is 32.0 Å². The minimum atomic E-state index is 0.159. The molecule has 1 heterocycles. The molecule has 1 aromatic heterocycles. The standard InChI is InChI=1S/C11H18N2O/c1-3-10(8-14)13-9(2)11-6-4-5-7-12-11/h4-7,9-10,13-14H,3,8H2,1-2H3/t9-,10-/m0/s1. The molecular formula is C11H18N2O. The van der Waals surface area contributed by atoms with Crippen LogP contribution >= 0.6 is 0 Å². The van der Waals surface area contributed by atoms with Gasteiger partial charge in [-0.15, -0.1) is 0 Å². The summed E-state index contributed by atoms with van der Waals surface area (Å²) in [5.74, 6) is 0. The van der Waals surface area contributed by atoms with E-state index in [0.29, 0.717) is 0 Å². The Bertz CT molecular complexity index is 247. The van der Waals surface area contributed by atoms with Gasteiger partial charge in [-0.2, -0.15) is 0 Å². The van der Waals surface area contributed by atoms with Gasteiger partial charge < -0.3 is 10.4 Å². The summed E-state index contributed by atoms with van der Waals surface area (Å²) < 4.78 is 0. The molecule has 2 N–H and O–H groups in total. The van der Waals surface area contributed by atoms with E-state index in [1.54, 1.807) is 6.20 Å². The summed E-state index contributed by atoms with van der Waals surface area (Å²) in [6.45, 7) is 4.29. The number of aliphatic hydroxyl groups excluding tert-OH is 1. The van der Waals surface area contributed by atoms with Crippen LogP contribution in [0, 0.1) is 0 Å². The van der Waals surface area contributed by atoms with Gasteiger partial charge in [-0.3, -0.25) is 4.98 Å². The van der Waals surface area contributed by atoms with Crippen molar-refractivity contribution in [3.8, 4) is 0 Å². The summed E-state index contributed by atoms with van der Waals surface area (Å²) in [6, 6.07) is 6.21. The highest BCUT2D eigenvalue weighted by Gasteiger charge is 2.10. The number of rotatable bonds is 5. The lowest BCUT2D eigenvalue weighted by molar-refractivity contribution is 0.229. The summed E-state index contributed by atoms with van der Waals surface area (Å²) >= 11 is 0. The van der Waals surface area contributed by atoms with Crippen molar-refractivity contribution < 1.29 is 5.11 Å². The van der Waals surface area contributed by atoms with E-state index in [-0.39, 0.29) is 18.7 Å². The van der Waals surface area contributed by atoms with Crippen molar-refractivity contribution >= 4 is 0 Å². The van der Waals surface area contributed by atoms with Crippen LogP contribution in [-0.2, 0) is 0 Å². The maximum absolute atomic E-state index is 9.04. The molecule has 0 saturated carbocycles. The maximum atomic E-state index is 9.04. The number of aromatic nitrogens is 1. The highest BCUT2D eigenvalue weighted by molar-refractivity contribution is 5.07. The van der Waals surface area contributed by atoms with Gasteiger partial charge in [0.2, 0.25) is 0 Å². The van der Waals surface area contributed by atoms with E-state index in [2.05, 4.69) is 24.1 Å². The third-order valence-corrected chi connectivity index (χ3v) is 2.33. The third kappa shape index (κ3) is 3.09. The quantitative estimate of drug-likeness (QED) is 0.746. The summed E-state index contributed by atoms with van der Waals surface area (Å²) in [5.41, 5.74) is 1.01. The molecule has 2 atom stereocenters. The summed E-state index contributed by atoms with van der Waals surface area (Å²) in [5, 5.41) is 12.4. The Balaban J connectivity index is 2.54. The summed E-state index contributed by atoms with van der Waals surface area (Å²) in [4.78, 5) is 4.26. The van der Waals surface area contributed by atoms with Crippen LogP contribution in [0.2, 0.25) is 0 Å². The fourth-order valence-corrected chi connectivity index (χ4v) is 1.37. The van der Waals surface area contributed by atoms with Crippen molar-refractivity contribution in [3.63, 3.8) is 0 Å². The number of hydrogen-bond acceptors (Lipinski definition) is 3. The first-order valence-electron chi connectivity index (χ1n) is 5.05. The minimum absolute atomic E-state index is 0.159. The average molecular weight is 194 g/mol. The van der Waals surface area contributed by atoms with Crippen molar-refractivity contribution in [1.82, 2.24) is 10.3 Å². The predicted octanol–water partition coefficient (Wildman–Crippen LogP) is 1.50. The van der Waals surface area contributed by atoms with Crippen molar-refractivity contribution in [2.24, 2.45) is 0 Å². The van der Waals surface area contributed by atoms with Crippen molar-refractivity contribution in [1.29, 1.82) is 0 Å². The Hall–Kier alpha value is -0.930. The molecule has 0 radical (unpaired) electrons. The van der Waals surface area contributed by atoms with Gasteiger partial charge in [-0.05, 0) is 25.5 Å². The zero-order valence-corrected chi connectivity index (χ0v) is 8.77. The summed E-state index contributed by atoms with van der Waals surface area (Å²) in [7, 11) is 0. The van der Waals surface area contributed by atoms with Crippen LogP contribution in [0.25, 0.3) is 0 Å². The smallest absolute Gasteiger partial charge is 0.0584 e. The molecule has 3 heteroatoms. The lowest BCUT2D eigenvalue weighted by atomic mass is 10.1. The molecule has 0 fully saturated rings. The highest BCUT2D eigenvalue weighted by atomic mass is 16.3. The molecule has 0 unspecified atom stereocenters. The molecule has 0 aliphatic rings. The molecule has 0 aromatic carbocycles. The molecule has 0 amide bonds. The Morgan fingerprint density at radius 2 is 2.29 bits per heavy atom. The van der Waals surface area contributed by atoms with E-state index in [1.807, 2.05) is 18.2 Å². The van der Waals surface area contributed by atoms with Gasteiger partial charge in [0, 0.05) is 18.3 Å². The lowest BCUT2D eigenvalue weighted by Gasteiger charge is -2.19. The molecule has 0 bridgehead atoms. The van der Waals surface area contributed by atoms with Crippen molar-refractivity contribution in [2.45, 2.75) is 32.4 Å². The normalized spacial score (nSPS) is 15.1. The molecule has 0 saturated heterocycles. The number of aliphatic hydroxyl groups is 1. The van der Waals surface area contributed by atoms with Gasteiger partial charge in [-0.25, -0.2) is 0 Å². The van der Waals surface area contributed by atoms with Crippen LogP contribution in [-0.4, -0.2) is 22.7 Å². The second-order valence-corrected chi connectivity index (χ2v) is 3.43. The van der Waals surface area contributed by atoms with Gasteiger partial charge in [-0.1, -0.05) is 13.0 Å². The van der Waals surface area contributed by atoms with Crippen LogP contribution in [0.4, 0.5) is 0 Å². The van der Waals surface area contributed by atoms with E-state index in [1.165, 1.54) is 0 Å². The SMILES string of the molecule is CC[C@@H](CO)N[C@@H](C)c1ccccn1. The zero-order valence-electron chi connectivity index (χ0n) is 8.77. The highest BCUT2D eigenvalue weighted by Crippen LogP contribution is 2.09. The minimum Gasteiger partial charge on any atom is -0.395 e. The molecule has 14 heavy (non-hydrogen) atoms. The molecular weight excluding hydrogens is 176 g/mol. The van der Waals surface area contributed by atoms with Gasteiger partial charge in [0.1, 0.15) is 0 Å². The number of nitrogens with one attached hydrogen (secondary N) is 1.